The van der Waals surface area contributed by atoms with Crippen LogP contribution in [0, 0.1) is 0 Å². The van der Waals surface area contributed by atoms with Crippen LogP contribution in [0.3, 0.4) is 0 Å². The van der Waals surface area contributed by atoms with Crippen molar-refractivity contribution >= 4 is 0 Å². The molecule has 0 aliphatic carbocycles. The fourth-order valence-electron chi connectivity index (χ4n) is 1.39. The van der Waals surface area contributed by atoms with E-state index in [1.807, 2.05) is 13.0 Å². The third-order valence-corrected chi connectivity index (χ3v) is 2.27. The molecule has 6 heteroatoms. The van der Waals surface area contributed by atoms with Gasteiger partial charge in [-0.15, -0.1) is 0 Å². The maximum atomic E-state index is 12.4. The lowest BCUT2D eigenvalue weighted by Gasteiger charge is -2.03. The number of alkyl halides is 3. The molecule has 2 rings (SSSR count). The minimum atomic E-state index is -4.42. The van der Waals surface area contributed by atoms with Crippen molar-refractivity contribution in [2.75, 3.05) is 0 Å². The summed E-state index contributed by atoms with van der Waals surface area (Å²) in [6.07, 6.45) is -2.44. The fraction of sp³-hybridized carbons (Fsp3) is 0.273. The second-order valence-electron chi connectivity index (χ2n) is 3.48. The summed E-state index contributed by atoms with van der Waals surface area (Å²) in [4.78, 5) is 4.19. The number of hydrogen-bond donors (Lipinski definition) is 0. The van der Waals surface area contributed by atoms with E-state index >= 15 is 0 Å². The van der Waals surface area contributed by atoms with Gasteiger partial charge >= 0.3 is 6.18 Å². The van der Waals surface area contributed by atoms with Gasteiger partial charge in [-0.1, -0.05) is 13.0 Å². The van der Waals surface area contributed by atoms with Gasteiger partial charge in [-0.2, -0.15) is 18.3 Å². The lowest BCUT2D eigenvalue weighted by Crippen LogP contribution is -2.08. The Labute approximate surface area is 95.9 Å². The van der Waals surface area contributed by atoms with Crippen molar-refractivity contribution in [2.45, 2.75) is 19.5 Å². The number of rotatable bonds is 2. The number of aromatic nitrogens is 3. The lowest BCUT2D eigenvalue weighted by atomic mass is 10.3. The Balaban J connectivity index is 2.37. The first-order valence-electron chi connectivity index (χ1n) is 5.10. The molecule has 0 aromatic carbocycles. The zero-order chi connectivity index (χ0) is 12.5. The molecular formula is C11H10F3N3. The number of hydrogen-bond acceptors (Lipinski definition) is 2. The van der Waals surface area contributed by atoms with Gasteiger partial charge in [0, 0.05) is 11.9 Å². The highest BCUT2D eigenvalue weighted by atomic mass is 19.4. The van der Waals surface area contributed by atoms with E-state index in [9.17, 15) is 13.2 Å². The van der Waals surface area contributed by atoms with E-state index in [0.29, 0.717) is 5.82 Å². The van der Waals surface area contributed by atoms with Gasteiger partial charge < -0.3 is 0 Å². The Hall–Kier alpha value is -1.85. The lowest BCUT2D eigenvalue weighted by molar-refractivity contribution is -0.141. The van der Waals surface area contributed by atoms with Crippen LogP contribution in [-0.4, -0.2) is 14.8 Å². The topological polar surface area (TPSA) is 30.7 Å². The van der Waals surface area contributed by atoms with E-state index in [1.54, 1.807) is 12.1 Å². The van der Waals surface area contributed by atoms with Gasteiger partial charge in [0.15, 0.2) is 11.5 Å². The minimum Gasteiger partial charge on any atom is -0.234 e. The molecule has 3 nitrogen and oxygen atoms in total. The molecule has 2 heterocycles. The molecule has 0 unspecified atom stereocenters. The molecule has 2 aromatic rings. The van der Waals surface area contributed by atoms with Crippen LogP contribution in [0.25, 0.3) is 5.82 Å². The van der Waals surface area contributed by atoms with Crippen LogP contribution in [0.1, 0.15) is 18.3 Å². The standard InChI is InChI=1S/C11H10F3N3/c1-2-8-4-3-5-10(15-8)17-7-6-9(16-17)11(12,13)14/h3-7H,2H2,1H3. The summed E-state index contributed by atoms with van der Waals surface area (Å²) in [6, 6.07) is 6.11. The molecule has 0 aliphatic heterocycles. The second-order valence-corrected chi connectivity index (χ2v) is 3.48. The maximum absolute atomic E-state index is 12.4. The van der Waals surface area contributed by atoms with Gasteiger partial charge in [-0.3, -0.25) is 0 Å². The quantitative estimate of drug-likeness (QED) is 0.809. The van der Waals surface area contributed by atoms with E-state index in [1.165, 1.54) is 6.20 Å². The van der Waals surface area contributed by atoms with Crippen LogP contribution >= 0.6 is 0 Å². The van der Waals surface area contributed by atoms with Crippen molar-refractivity contribution in [1.82, 2.24) is 14.8 Å². The summed E-state index contributed by atoms with van der Waals surface area (Å²) in [6.45, 7) is 1.93. The molecule has 17 heavy (non-hydrogen) atoms. The summed E-state index contributed by atoms with van der Waals surface area (Å²) in [5.74, 6) is 0.389. The minimum absolute atomic E-state index is 0.389. The Morgan fingerprint density at radius 1 is 1.24 bits per heavy atom. The average Bonchev–Trinajstić information content (AvgIpc) is 2.78. The van der Waals surface area contributed by atoms with Gasteiger partial charge in [-0.25, -0.2) is 9.67 Å². The third kappa shape index (κ3) is 2.46. The summed E-state index contributed by atoms with van der Waals surface area (Å²) in [7, 11) is 0. The van der Waals surface area contributed by atoms with Crippen molar-refractivity contribution in [2.24, 2.45) is 0 Å². The van der Waals surface area contributed by atoms with Crippen molar-refractivity contribution < 1.29 is 13.2 Å². The summed E-state index contributed by atoms with van der Waals surface area (Å²) in [5.41, 5.74) is -0.104. The number of halogens is 3. The molecule has 0 amide bonds. The predicted octanol–water partition coefficient (Wildman–Crippen LogP) is 2.85. The number of aryl methyl sites for hydroxylation is 1. The van der Waals surface area contributed by atoms with Crippen LogP contribution in [0.2, 0.25) is 0 Å². The highest BCUT2D eigenvalue weighted by Gasteiger charge is 2.33. The summed E-state index contributed by atoms with van der Waals surface area (Å²) >= 11 is 0. The van der Waals surface area contributed by atoms with Gasteiger partial charge in [0.05, 0.1) is 0 Å². The first kappa shape index (κ1) is 11.6. The van der Waals surface area contributed by atoms with Crippen molar-refractivity contribution in [3.05, 3.63) is 41.9 Å². The number of nitrogens with zero attached hydrogens (tertiary/aromatic N) is 3. The molecule has 0 saturated carbocycles. The first-order chi connectivity index (χ1) is 8.00. The molecule has 0 bridgehead atoms. The first-order valence-corrected chi connectivity index (χ1v) is 5.10. The smallest absolute Gasteiger partial charge is 0.234 e. The molecule has 0 atom stereocenters. The molecule has 0 aliphatic rings. The molecule has 0 radical (unpaired) electrons. The maximum Gasteiger partial charge on any atom is 0.435 e. The Bertz CT molecular complexity index is 517. The molecule has 90 valence electrons. The number of pyridine rings is 1. The van der Waals surface area contributed by atoms with E-state index < -0.39 is 11.9 Å². The highest BCUT2D eigenvalue weighted by Crippen LogP contribution is 2.27. The molecular weight excluding hydrogens is 231 g/mol. The predicted molar refractivity (Wildman–Crippen MR) is 55.7 cm³/mol. The molecule has 0 spiro atoms. The Kier molecular flexibility index (Phi) is 2.87. The van der Waals surface area contributed by atoms with E-state index in [4.69, 9.17) is 0 Å². The van der Waals surface area contributed by atoms with Gasteiger partial charge in [0.25, 0.3) is 0 Å². The largest absolute Gasteiger partial charge is 0.435 e. The third-order valence-electron chi connectivity index (χ3n) is 2.27. The van der Waals surface area contributed by atoms with Crippen LogP contribution in [-0.2, 0) is 12.6 Å². The molecule has 0 fully saturated rings. The molecule has 2 aromatic heterocycles. The average molecular weight is 241 g/mol. The van der Waals surface area contributed by atoms with Crippen LogP contribution < -0.4 is 0 Å². The zero-order valence-electron chi connectivity index (χ0n) is 9.07. The van der Waals surface area contributed by atoms with Gasteiger partial charge in [0.2, 0.25) is 0 Å². The van der Waals surface area contributed by atoms with Crippen molar-refractivity contribution in [3.8, 4) is 5.82 Å². The Morgan fingerprint density at radius 3 is 2.59 bits per heavy atom. The van der Waals surface area contributed by atoms with Gasteiger partial charge in [-0.05, 0) is 24.6 Å². The van der Waals surface area contributed by atoms with Crippen molar-refractivity contribution in [3.63, 3.8) is 0 Å². The van der Waals surface area contributed by atoms with Crippen molar-refractivity contribution in [1.29, 1.82) is 0 Å². The van der Waals surface area contributed by atoms with Crippen LogP contribution in [0.4, 0.5) is 13.2 Å². The van der Waals surface area contributed by atoms with E-state index in [2.05, 4.69) is 10.1 Å². The monoisotopic (exact) mass is 241 g/mol. The van der Waals surface area contributed by atoms with Crippen LogP contribution in [0.15, 0.2) is 30.5 Å². The SMILES string of the molecule is CCc1cccc(-n2ccc(C(F)(F)F)n2)n1. The fourth-order valence-corrected chi connectivity index (χ4v) is 1.39. The molecule has 0 N–H and O–H groups in total. The summed E-state index contributed by atoms with van der Waals surface area (Å²) < 4.78 is 38.2. The van der Waals surface area contributed by atoms with E-state index in [0.717, 1.165) is 22.9 Å². The zero-order valence-corrected chi connectivity index (χ0v) is 9.07. The second kappa shape index (κ2) is 4.20. The molecule has 0 saturated heterocycles. The summed E-state index contributed by atoms with van der Waals surface area (Å²) in [5, 5.41) is 3.46. The van der Waals surface area contributed by atoms with Gasteiger partial charge in [0.1, 0.15) is 0 Å². The Morgan fingerprint density at radius 2 is 2.00 bits per heavy atom. The normalized spacial score (nSPS) is 11.8. The van der Waals surface area contributed by atoms with E-state index in [-0.39, 0.29) is 0 Å². The highest BCUT2D eigenvalue weighted by molar-refractivity contribution is 5.24. The van der Waals surface area contributed by atoms with Crippen LogP contribution in [0.5, 0.6) is 0 Å².